The lowest BCUT2D eigenvalue weighted by molar-refractivity contribution is 0.0970. The van der Waals surface area contributed by atoms with Crippen molar-refractivity contribution in [3.63, 3.8) is 0 Å². The van der Waals surface area contributed by atoms with Crippen molar-refractivity contribution in [3.8, 4) is 17.2 Å². The van der Waals surface area contributed by atoms with E-state index in [1.807, 2.05) is 12.1 Å². The summed E-state index contributed by atoms with van der Waals surface area (Å²) in [7, 11) is 1.54. The molecule has 1 aromatic heterocycles. The summed E-state index contributed by atoms with van der Waals surface area (Å²) in [5.41, 5.74) is 4.37. The summed E-state index contributed by atoms with van der Waals surface area (Å²) in [5, 5.41) is 13.3. The average Bonchev–Trinajstić information content (AvgIpc) is 3.52. The number of ketones is 1. The Hall–Kier alpha value is -4.04. The zero-order valence-corrected chi connectivity index (χ0v) is 20.1. The van der Waals surface area contributed by atoms with E-state index in [1.165, 1.54) is 19.2 Å². The molecule has 3 N–H and O–H groups in total. The van der Waals surface area contributed by atoms with Crippen LogP contribution in [0.2, 0.25) is 0 Å². The van der Waals surface area contributed by atoms with Gasteiger partial charge in [0.25, 0.3) is 0 Å². The lowest BCUT2D eigenvalue weighted by atomic mass is 9.93. The van der Waals surface area contributed by atoms with Crippen molar-refractivity contribution in [3.05, 3.63) is 82.8 Å². The zero-order valence-electron chi connectivity index (χ0n) is 20.1. The molecular formula is C28H27FN2O5. The highest BCUT2D eigenvalue weighted by Crippen LogP contribution is 2.36. The van der Waals surface area contributed by atoms with Crippen LogP contribution < -0.4 is 19.5 Å². The Morgan fingerprint density at radius 1 is 1.19 bits per heavy atom. The van der Waals surface area contributed by atoms with Crippen molar-refractivity contribution in [1.82, 2.24) is 4.98 Å². The van der Waals surface area contributed by atoms with Gasteiger partial charge in [-0.15, -0.1) is 0 Å². The number of carbonyl (C=O) groups excluding carboxylic acids is 1. The minimum Gasteiger partial charge on any atom is -0.497 e. The van der Waals surface area contributed by atoms with E-state index in [2.05, 4.69) is 10.3 Å². The predicted octanol–water partition coefficient (Wildman–Crippen LogP) is 4.97. The topological polar surface area (TPSA) is 92.8 Å². The van der Waals surface area contributed by atoms with Crippen LogP contribution in [0.25, 0.3) is 10.9 Å². The molecule has 36 heavy (non-hydrogen) atoms. The molecule has 5 rings (SSSR count). The van der Waals surface area contributed by atoms with Crippen molar-refractivity contribution in [2.24, 2.45) is 0 Å². The van der Waals surface area contributed by atoms with E-state index in [0.717, 1.165) is 28.6 Å². The van der Waals surface area contributed by atoms with Gasteiger partial charge in [-0.1, -0.05) is 6.07 Å². The van der Waals surface area contributed by atoms with Gasteiger partial charge in [-0.05, 0) is 42.3 Å². The molecule has 8 heteroatoms. The van der Waals surface area contributed by atoms with E-state index in [9.17, 15) is 9.18 Å². The van der Waals surface area contributed by atoms with Gasteiger partial charge in [-0.2, -0.15) is 0 Å². The monoisotopic (exact) mass is 490 g/mol. The molecule has 1 aliphatic heterocycles. The molecule has 0 radical (unpaired) electrons. The molecule has 4 aromatic rings. The maximum atomic E-state index is 14.1. The van der Waals surface area contributed by atoms with Crippen LogP contribution in [0.1, 0.15) is 33.1 Å². The molecule has 1 atom stereocenters. The number of benzene rings is 3. The van der Waals surface area contributed by atoms with Gasteiger partial charge in [0.1, 0.15) is 35.7 Å². The van der Waals surface area contributed by atoms with Crippen LogP contribution in [0.3, 0.4) is 0 Å². The summed E-state index contributed by atoms with van der Waals surface area (Å²) < 4.78 is 30.6. The van der Waals surface area contributed by atoms with Crippen LogP contribution in [0.4, 0.5) is 10.1 Å². The number of halogens is 1. The number of hydrogen-bond donors (Lipinski definition) is 3. The van der Waals surface area contributed by atoms with E-state index < -0.39 is 6.04 Å². The van der Waals surface area contributed by atoms with E-state index >= 15 is 0 Å². The van der Waals surface area contributed by atoms with E-state index in [0.29, 0.717) is 40.5 Å². The molecule has 0 fully saturated rings. The van der Waals surface area contributed by atoms with Crippen LogP contribution in [-0.4, -0.2) is 42.8 Å². The average molecular weight is 491 g/mol. The quantitative estimate of drug-likeness (QED) is 0.287. The Kier molecular flexibility index (Phi) is 6.52. The molecule has 186 valence electrons. The van der Waals surface area contributed by atoms with Gasteiger partial charge in [-0.3, -0.25) is 4.79 Å². The number of aliphatic hydroxyl groups excluding tert-OH is 1. The zero-order chi connectivity index (χ0) is 25.2. The lowest BCUT2D eigenvalue weighted by Gasteiger charge is -2.22. The number of nitrogens with one attached hydrogen (secondary N) is 2. The molecular weight excluding hydrogens is 463 g/mol. The molecule has 0 amide bonds. The molecule has 2 heterocycles. The molecule has 0 saturated carbocycles. The fourth-order valence-corrected chi connectivity index (χ4v) is 4.68. The second-order valence-electron chi connectivity index (χ2n) is 8.68. The minimum atomic E-state index is -0.813. The summed E-state index contributed by atoms with van der Waals surface area (Å²) in [5.74, 6) is 1.30. The van der Waals surface area contributed by atoms with Crippen molar-refractivity contribution < 1.29 is 28.5 Å². The lowest BCUT2D eigenvalue weighted by Crippen LogP contribution is -2.22. The number of Topliss-reactive ketones (excluding diaryl/α,β-unsaturated/α-hetero) is 1. The molecule has 0 aliphatic carbocycles. The molecule has 3 aromatic carbocycles. The Bertz CT molecular complexity index is 1430. The molecule has 1 unspecified atom stereocenters. The standard InChI is InChI=1S/C28H27FN2O5/c1-16-11-17(29)3-4-21(16)27(31-18-12-19(34-2)14-20(13-18)35-10-8-32)28(33)24-15-30-26-22(24)5-6-25-23(26)7-9-36-25/h3-6,11-15,27,30-32H,7-10H2,1-2H3. The molecule has 7 nitrogen and oxygen atoms in total. The number of carbonyl (C=O) groups is 1. The van der Waals surface area contributed by atoms with Crippen molar-refractivity contribution in [2.45, 2.75) is 19.4 Å². The maximum Gasteiger partial charge on any atom is 0.191 e. The number of rotatable bonds is 9. The van der Waals surface area contributed by atoms with Gasteiger partial charge >= 0.3 is 0 Å². The first-order chi connectivity index (χ1) is 17.5. The first kappa shape index (κ1) is 23.7. The number of anilines is 1. The van der Waals surface area contributed by atoms with Crippen molar-refractivity contribution >= 4 is 22.4 Å². The predicted molar refractivity (Wildman–Crippen MR) is 135 cm³/mol. The fraction of sp³-hybridized carbons (Fsp3) is 0.250. The van der Waals surface area contributed by atoms with Crippen LogP contribution in [0.15, 0.2) is 54.7 Å². The number of aromatic amines is 1. The Labute approximate surface area is 207 Å². The number of hydrogen-bond acceptors (Lipinski definition) is 6. The third kappa shape index (κ3) is 4.47. The Morgan fingerprint density at radius 3 is 2.81 bits per heavy atom. The molecule has 0 spiro atoms. The SMILES string of the molecule is COc1cc(NC(C(=O)c2c[nH]c3c4c(ccc23)OCC4)c2ccc(F)cc2C)cc(OCCO)c1. The highest BCUT2D eigenvalue weighted by atomic mass is 19.1. The van der Waals surface area contributed by atoms with Gasteiger partial charge in [-0.25, -0.2) is 4.39 Å². The highest BCUT2D eigenvalue weighted by molar-refractivity contribution is 6.12. The fourth-order valence-electron chi connectivity index (χ4n) is 4.68. The summed E-state index contributed by atoms with van der Waals surface area (Å²) in [4.78, 5) is 17.3. The van der Waals surface area contributed by atoms with Crippen LogP contribution in [0, 0.1) is 12.7 Å². The number of methoxy groups -OCH3 is 1. The summed E-state index contributed by atoms with van der Waals surface area (Å²) >= 11 is 0. The third-order valence-electron chi connectivity index (χ3n) is 6.39. The molecule has 0 bridgehead atoms. The van der Waals surface area contributed by atoms with Gasteiger partial charge in [0.05, 0.1) is 25.8 Å². The third-order valence-corrected chi connectivity index (χ3v) is 6.39. The number of ether oxygens (including phenoxy) is 3. The summed E-state index contributed by atoms with van der Waals surface area (Å²) in [6, 6.07) is 12.6. The van der Waals surface area contributed by atoms with Crippen molar-refractivity contribution in [2.75, 3.05) is 32.2 Å². The van der Waals surface area contributed by atoms with E-state index in [-0.39, 0.29) is 24.8 Å². The summed E-state index contributed by atoms with van der Waals surface area (Å²) in [6.45, 7) is 2.38. The van der Waals surface area contributed by atoms with Crippen molar-refractivity contribution in [1.29, 1.82) is 0 Å². The largest absolute Gasteiger partial charge is 0.497 e. The first-order valence-corrected chi connectivity index (χ1v) is 11.7. The van der Waals surface area contributed by atoms with Gasteiger partial charge in [0.15, 0.2) is 5.78 Å². The van der Waals surface area contributed by atoms with Gasteiger partial charge in [0.2, 0.25) is 0 Å². The molecule has 0 saturated heterocycles. The highest BCUT2D eigenvalue weighted by Gasteiger charge is 2.28. The number of H-pyrrole nitrogens is 1. The minimum absolute atomic E-state index is 0.120. The maximum absolute atomic E-state index is 14.1. The number of aryl methyl sites for hydroxylation is 1. The van der Waals surface area contributed by atoms with Crippen LogP contribution >= 0.6 is 0 Å². The van der Waals surface area contributed by atoms with Gasteiger partial charge < -0.3 is 29.6 Å². The van der Waals surface area contributed by atoms with Crippen LogP contribution in [-0.2, 0) is 6.42 Å². The Balaban J connectivity index is 1.57. The van der Waals surface area contributed by atoms with Crippen LogP contribution in [0.5, 0.6) is 17.2 Å². The molecule has 1 aliphatic rings. The number of aliphatic hydroxyl groups is 1. The summed E-state index contributed by atoms with van der Waals surface area (Å²) in [6.07, 6.45) is 2.50. The second kappa shape index (κ2) is 9.91. The van der Waals surface area contributed by atoms with E-state index in [1.54, 1.807) is 37.4 Å². The normalized spacial score (nSPS) is 13.2. The Morgan fingerprint density at radius 2 is 2.03 bits per heavy atom. The van der Waals surface area contributed by atoms with E-state index in [4.69, 9.17) is 19.3 Å². The smallest absolute Gasteiger partial charge is 0.191 e. The second-order valence-corrected chi connectivity index (χ2v) is 8.68. The number of aromatic nitrogens is 1. The van der Waals surface area contributed by atoms with Gasteiger partial charge in [0, 0.05) is 53.0 Å². The number of fused-ring (bicyclic) bond motifs is 3. The first-order valence-electron chi connectivity index (χ1n) is 11.7.